The van der Waals surface area contributed by atoms with Crippen molar-refractivity contribution in [2.45, 2.75) is 20.0 Å². The highest BCUT2D eigenvalue weighted by Gasteiger charge is 2.29. The third-order valence-corrected chi connectivity index (χ3v) is 3.42. The summed E-state index contributed by atoms with van der Waals surface area (Å²) in [6.45, 7) is 3.41. The van der Waals surface area contributed by atoms with E-state index in [0.29, 0.717) is 22.9 Å². The zero-order chi connectivity index (χ0) is 15.9. The fraction of sp³-hybridized carbons (Fsp3) is 0.267. The quantitative estimate of drug-likeness (QED) is 0.916. The summed E-state index contributed by atoms with van der Waals surface area (Å²) in [5.41, 5.74) is 1.35. The van der Waals surface area contributed by atoms with Crippen molar-refractivity contribution in [2.75, 3.05) is 17.3 Å². The van der Waals surface area contributed by atoms with Gasteiger partial charge in [-0.3, -0.25) is 9.59 Å². The zero-order valence-corrected chi connectivity index (χ0v) is 12.4. The predicted molar refractivity (Wildman–Crippen MR) is 79.1 cm³/mol. The molecule has 3 rings (SSSR count). The lowest BCUT2D eigenvalue weighted by Gasteiger charge is -2.30. The molecule has 0 fully saturated rings. The van der Waals surface area contributed by atoms with Gasteiger partial charge >= 0.3 is 0 Å². The first-order chi connectivity index (χ1) is 10.5. The van der Waals surface area contributed by atoms with Crippen LogP contribution in [0.2, 0.25) is 0 Å². The first kappa shape index (κ1) is 14.1. The number of likely N-dealkylation sites (N-methyl/N-ethyl adjacent to an activating group) is 1. The maximum absolute atomic E-state index is 12.0. The average molecular weight is 301 g/mol. The summed E-state index contributed by atoms with van der Waals surface area (Å²) in [4.78, 5) is 25.5. The minimum Gasteiger partial charge on any atom is -0.479 e. The van der Waals surface area contributed by atoms with Crippen molar-refractivity contribution < 1.29 is 18.8 Å². The van der Waals surface area contributed by atoms with Crippen LogP contribution in [0.15, 0.2) is 28.8 Å². The Hall–Kier alpha value is -2.83. The Morgan fingerprint density at radius 1 is 1.36 bits per heavy atom. The smallest absolute Gasteiger partial charge is 0.277 e. The molecule has 22 heavy (non-hydrogen) atoms. The van der Waals surface area contributed by atoms with Crippen LogP contribution in [-0.4, -0.2) is 30.1 Å². The Labute approximate surface area is 126 Å². The third kappa shape index (κ3) is 2.41. The van der Waals surface area contributed by atoms with Gasteiger partial charge in [0.1, 0.15) is 11.5 Å². The second-order valence-corrected chi connectivity index (χ2v) is 5.12. The normalized spacial score (nSPS) is 17.0. The lowest BCUT2D eigenvalue weighted by molar-refractivity contribution is -0.125. The van der Waals surface area contributed by atoms with E-state index in [1.54, 1.807) is 45.2 Å². The summed E-state index contributed by atoms with van der Waals surface area (Å²) in [5, 5.41) is 6.37. The third-order valence-electron chi connectivity index (χ3n) is 3.42. The number of amides is 2. The van der Waals surface area contributed by atoms with E-state index < -0.39 is 6.10 Å². The van der Waals surface area contributed by atoms with Gasteiger partial charge in [-0.15, -0.1) is 0 Å². The van der Waals surface area contributed by atoms with Gasteiger partial charge in [0.2, 0.25) is 0 Å². The molecule has 0 saturated heterocycles. The van der Waals surface area contributed by atoms with Gasteiger partial charge in [0, 0.05) is 18.8 Å². The van der Waals surface area contributed by atoms with Crippen molar-refractivity contribution >= 4 is 23.2 Å². The van der Waals surface area contributed by atoms with Crippen LogP contribution in [0.4, 0.5) is 11.4 Å². The van der Waals surface area contributed by atoms with Crippen LogP contribution in [0.25, 0.3) is 0 Å². The number of nitrogens with one attached hydrogen (secondary N) is 1. The number of aromatic nitrogens is 1. The molecule has 0 bridgehead atoms. The van der Waals surface area contributed by atoms with E-state index in [2.05, 4.69) is 10.5 Å². The number of nitrogens with zero attached hydrogens (tertiary/aromatic N) is 2. The van der Waals surface area contributed by atoms with E-state index in [0.717, 1.165) is 0 Å². The minimum atomic E-state index is -0.518. The molecular weight excluding hydrogens is 286 g/mol. The Balaban J connectivity index is 1.85. The van der Waals surface area contributed by atoms with Gasteiger partial charge in [0.25, 0.3) is 11.8 Å². The molecule has 114 valence electrons. The SMILES string of the molecule is Cc1cc(C(=O)Nc2ccc3c(c2)N(C)C(=O)C(C)O3)no1. The van der Waals surface area contributed by atoms with Gasteiger partial charge in [0.05, 0.1) is 5.69 Å². The van der Waals surface area contributed by atoms with Gasteiger partial charge in [-0.2, -0.15) is 0 Å². The molecule has 1 aromatic carbocycles. The Morgan fingerprint density at radius 3 is 2.82 bits per heavy atom. The minimum absolute atomic E-state index is 0.136. The van der Waals surface area contributed by atoms with Gasteiger partial charge in [-0.05, 0) is 32.0 Å². The average Bonchev–Trinajstić information content (AvgIpc) is 2.92. The van der Waals surface area contributed by atoms with E-state index in [-0.39, 0.29) is 17.5 Å². The van der Waals surface area contributed by atoms with E-state index in [4.69, 9.17) is 9.26 Å². The summed E-state index contributed by atoms with van der Waals surface area (Å²) >= 11 is 0. The predicted octanol–water partition coefficient (Wildman–Crippen LogP) is 1.98. The second-order valence-electron chi connectivity index (χ2n) is 5.12. The largest absolute Gasteiger partial charge is 0.479 e. The lowest BCUT2D eigenvalue weighted by atomic mass is 10.2. The highest BCUT2D eigenvalue weighted by molar-refractivity contribution is 6.04. The van der Waals surface area contributed by atoms with Crippen LogP contribution < -0.4 is 15.0 Å². The summed E-state index contributed by atoms with van der Waals surface area (Å²) < 4.78 is 10.4. The van der Waals surface area contributed by atoms with Crippen molar-refractivity contribution in [3.63, 3.8) is 0 Å². The molecule has 0 aliphatic carbocycles. The molecule has 1 aromatic heterocycles. The van der Waals surface area contributed by atoms with Crippen LogP contribution in [0.3, 0.4) is 0 Å². The van der Waals surface area contributed by atoms with Crippen molar-refractivity contribution in [3.8, 4) is 5.75 Å². The summed E-state index contributed by atoms with van der Waals surface area (Å²) in [6.07, 6.45) is -0.518. The highest BCUT2D eigenvalue weighted by atomic mass is 16.5. The van der Waals surface area contributed by atoms with Crippen molar-refractivity contribution in [1.82, 2.24) is 5.16 Å². The molecule has 0 radical (unpaired) electrons. The van der Waals surface area contributed by atoms with Gasteiger partial charge in [-0.1, -0.05) is 5.16 Å². The van der Waals surface area contributed by atoms with Gasteiger partial charge in [-0.25, -0.2) is 0 Å². The highest BCUT2D eigenvalue weighted by Crippen LogP contribution is 2.35. The van der Waals surface area contributed by atoms with Crippen LogP contribution in [0.5, 0.6) is 5.75 Å². The van der Waals surface area contributed by atoms with Gasteiger partial charge < -0.3 is 19.5 Å². The molecule has 7 heteroatoms. The molecule has 7 nitrogen and oxygen atoms in total. The van der Waals surface area contributed by atoms with E-state index in [1.807, 2.05) is 0 Å². The zero-order valence-electron chi connectivity index (χ0n) is 12.4. The molecule has 2 aromatic rings. The molecule has 1 unspecified atom stereocenters. The molecule has 2 amide bonds. The fourth-order valence-corrected chi connectivity index (χ4v) is 2.26. The summed E-state index contributed by atoms with van der Waals surface area (Å²) in [7, 11) is 1.67. The molecule has 1 N–H and O–H groups in total. The fourth-order valence-electron chi connectivity index (χ4n) is 2.26. The van der Waals surface area contributed by atoms with Gasteiger partial charge in [0.15, 0.2) is 11.8 Å². The van der Waals surface area contributed by atoms with Crippen molar-refractivity contribution in [2.24, 2.45) is 0 Å². The van der Waals surface area contributed by atoms with Crippen LogP contribution in [0.1, 0.15) is 23.2 Å². The van der Waals surface area contributed by atoms with Crippen LogP contribution in [0, 0.1) is 6.92 Å². The number of fused-ring (bicyclic) bond motifs is 1. The molecular formula is C15H15N3O4. The molecule has 1 aliphatic rings. The summed E-state index contributed by atoms with van der Waals surface area (Å²) in [5.74, 6) is 0.646. The lowest BCUT2D eigenvalue weighted by Crippen LogP contribution is -2.41. The standard InChI is InChI=1S/C15H15N3O4/c1-8-6-11(17-22-8)14(19)16-10-4-5-13-12(7-10)18(3)15(20)9(2)21-13/h4-7,9H,1-3H3,(H,16,19). The van der Waals surface area contributed by atoms with Crippen LogP contribution in [-0.2, 0) is 4.79 Å². The van der Waals surface area contributed by atoms with Crippen molar-refractivity contribution in [1.29, 1.82) is 0 Å². The number of hydrogen-bond acceptors (Lipinski definition) is 5. The van der Waals surface area contributed by atoms with E-state index in [1.165, 1.54) is 4.90 Å². The van der Waals surface area contributed by atoms with E-state index >= 15 is 0 Å². The maximum Gasteiger partial charge on any atom is 0.277 e. The topological polar surface area (TPSA) is 84.7 Å². The Bertz CT molecular complexity index is 753. The molecule has 1 aliphatic heterocycles. The first-order valence-corrected chi connectivity index (χ1v) is 6.78. The van der Waals surface area contributed by atoms with E-state index in [9.17, 15) is 9.59 Å². The Morgan fingerprint density at radius 2 is 2.14 bits per heavy atom. The van der Waals surface area contributed by atoms with Crippen molar-refractivity contribution in [3.05, 3.63) is 35.7 Å². The molecule has 0 saturated carbocycles. The number of benzene rings is 1. The molecule has 0 spiro atoms. The second kappa shape index (κ2) is 5.18. The monoisotopic (exact) mass is 301 g/mol. The summed E-state index contributed by atoms with van der Waals surface area (Å²) in [6, 6.07) is 6.66. The number of hydrogen-bond donors (Lipinski definition) is 1. The molecule has 1 atom stereocenters. The maximum atomic E-state index is 12.0. The number of anilines is 2. The number of ether oxygens (including phenoxy) is 1. The number of rotatable bonds is 2. The number of carbonyl (C=O) groups is 2. The van der Waals surface area contributed by atoms with Crippen LogP contribution >= 0.6 is 0 Å². The first-order valence-electron chi connectivity index (χ1n) is 6.78. The number of carbonyl (C=O) groups excluding carboxylic acids is 2. The Kier molecular flexibility index (Phi) is 3.32. The number of aryl methyl sites for hydroxylation is 1. The molecule has 2 heterocycles.